The zero-order valence-corrected chi connectivity index (χ0v) is 15.7. The average molecular weight is 381 g/mol. The van der Waals surface area contributed by atoms with Crippen molar-refractivity contribution in [2.45, 2.75) is 6.42 Å². The van der Waals surface area contributed by atoms with Crippen LogP contribution in [-0.4, -0.2) is 11.8 Å². The maximum absolute atomic E-state index is 12.9. The van der Waals surface area contributed by atoms with E-state index in [2.05, 4.69) is 24.3 Å². The maximum Gasteiger partial charge on any atom is 0.238 e. The molecule has 1 aliphatic heterocycles. The van der Waals surface area contributed by atoms with Gasteiger partial charge in [-0.2, -0.15) is 0 Å². The summed E-state index contributed by atoms with van der Waals surface area (Å²) in [6.45, 7) is 0. The Kier molecular flexibility index (Phi) is 3.45. The number of carbonyl (C=O) groups is 2. The molecule has 4 heteroatoms. The summed E-state index contributed by atoms with van der Waals surface area (Å²) >= 11 is 0. The van der Waals surface area contributed by atoms with E-state index in [1.54, 1.807) is 12.1 Å². The van der Waals surface area contributed by atoms with E-state index in [1.165, 1.54) is 4.90 Å². The Morgan fingerprint density at radius 2 is 1.34 bits per heavy atom. The van der Waals surface area contributed by atoms with Gasteiger partial charge in [0.1, 0.15) is 11.5 Å². The molecule has 0 spiro atoms. The van der Waals surface area contributed by atoms with Crippen LogP contribution in [0.1, 0.15) is 6.42 Å². The van der Waals surface area contributed by atoms with Crippen molar-refractivity contribution in [3.05, 3.63) is 78.9 Å². The molecule has 2 bridgehead atoms. The van der Waals surface area contributed by atoms with Gasteiger partial charge in [-0.05, 0) is 65.4 Å². The highest BCUT2D eigenvalue weighted by atomic mass is 16.5. The van der Waals surface area contributed by atoms with E-state index in [-0.39, 0.29) is 35.5 Å². The van der Waals surface area contributed by atoms with Gasteiger partial charge in [0, 0.05) is 0 Å². The second-order valence-corrected chi connectivity index (χ2v) is 8.12. The van der Waals surface area contributed by atoms with Crippen molar-refractivity contribution in [2.75, 3.05) is 4.90 Å². The lowest BCUT2D eigenvalue weighted by Gasteiger charge is -2.17. The monoisotopic (exact) mass is 381 g/mol. The van der Waals surface area contributed by atoms with E-state index in [0.717, 1.165) is 22.9 Å². The van der Waals surface area contributed by atoms with Crippen molar-refractivity contribution in [1.29, 1.82) is 0 Å². The summed E-state index contributed by atoms with van der Waals surface area (Å²) in [5.41, 5.74) is 0.625. The third-order valence-electron chi connectivity index (χ3n) is 6.52. The second kappa shape index (κ2) is 6.05. The second-order valence-electron chi connectivity index (χ2n) is 8.12. The molecular formula is C25H19NO3. The van der Waals surface area contributed by atoms with Crippen LogP contribution in [-0.2, 0) is 9.59 Å². The molecule has 0 N–H and O–H groups in total. The van der Waals surface area contributed by atoms with Gasteiger partial charge >= 0.3 is 0 Å². The molecule has 6 rings (SSSR count). The third kappa shape index (κ3) is 2.45. The Labute approximate surface area is 168 Å². The number of nitrogens with zero attached hydrogens (tertiary/aromatic N) is 1. The van der Waals surface area contributed by atoms with Gasteiger partial charge < -0.3 is 4.74 Å². The van der Waals surface area contributed by atoms with Crippen LogP contribution in [0.5, 0.6) is 11.5 Å². The van der Waals surface area contributed by atoms with E-state index in [9.17, 15) is 9.59 Å². The molecule has 4 nitrogen and oxygen atoms in total. The summed E-state index contributed by atoms with van der Waals surface area (Å²) < 4.78 is 5.98. The standard InChI is InChI=1S/C25H19NO3/c27-24-22-17-5-6-18(13-17)23(22)25(28)26(24)19-8-11-20(12-9-19)29-21-10-7-15-3-1-2-4-16(15)14-21/h1-12,14,17-18,22-23H,13H2. The Morgan fingerprint density at radius 3 is 2.03 bits per heavy atom. The number of carbonyl (C=O) groups excluding carboxylic acids is 2. The van der Waals surface area contributed by atoms with Crippen LogP contribution < -0.4 is 9.64 Å². The molecule has 2 fully saturated rings. The number of allylic oxidation sites excluding steroid dienone is 2. The summed E-state index contributed by atoms with van der Waals surface area (Å²) in [4.78, 5) is 27.2. The summed E-state index contributed by atoms with van der Waals surface area (Å²) in [5.74, 6) is 1.41. The van der Waals surface area contributed by atoms with Gasteiger partial charge in [-0.1, -0.05) is 42.5 Å². The third-order valence-corrected chi connectivity index (χ3v) is 6.52. The van der Waals surface area contributed by atoms with Crippen LogP contribution in [0.15, 0.2) is 78.9 Å². The van der Waals surface area contributed by atoms with Crippen molar-refractivity contribution >= 4 is 28.3 Å². The summed E-state index contributed by atoms with van der Waals surface area (Å²) in [6, 6.07) is 21.3. The molecule has 0 aromatic heterocycles. The van der Waals surface area contributed by atoms with Gasteiger partial charge in [-0.15, -0.1) is 0 Å². The zero-order valence-electron chi connectivity index (χ0n) is 15.7. The number of ether oxygens (including phenoxy) is 1. The van der Waals surface area contributed by atoms with E-state index in [4.69, 9.17) is 4.74 Å². The predicted molar refractivity (Wildman–Crippen MR) is 111 cm³/mol. The fraction of sp³-hybridized carbons (Fsp3) is 0.200. The molecule has 0 radical (unpaired) electrons. The molecule has 1 saturated heterocycles. The molecule has 2 aliphatic carbocycles. The van der Waals surface area contributed by atoms with Gasteiger partial charge in [0.2, 0.25) is 11.8 Å². The van der Waals surface area contributed by atoms with Crippen molar-refractivity contribution in [3.8, 4) is 11.5 Å². The van der Waals surface area contributed by atoms with Crippen LogP contribution in [0.3, 0.4) is 0 Å². The van der Waals surface area contributed by atoms with Gasteiger partial charge in [-0.25, -0.2) is 0 Å². The minimum absolute atomic E-state index is 0.0555. The molecule has 3 aliphatic rings. The fourth-order valence-corrected chi connectivity index (χ4v) is 5.19. The number of benzene rings is 3. The highest BCUT2D eigenvalue weighted by Crippen LogP contribution is 2.53. The number of amides is 2. The SMILES string of the molecule is O=C1C2C3C=CC(C3)C2C(=O)N1c1ccc(Oc2ccc3ccccc3c2)cc1. The van der Waals surface area contributed by atoms with Crippen molar-refractivity contribution in [1.82, 2.24) is 0 Å². The normalized spacial score (nSPS) is 27.1. The lowest BCUT2D eigenvalue weighted by molar-refractivity contribution is -0.123. The number of hydrogen-bond acceptors (Lipinski definition) is 3. The Balaban J connectivity index is 1.24. The molecule has 1 heterocycles. The van der Waals surface area contributed by atoms with Gasteiger partial charge in [0.05, 0.1) is 17.5 Å². The number of imide groups is 1. The first-order chi connectivity index (χ1) is 14.2. The molecule has 3 aromatic carbocycles. The van der Waals surface area contributed by atoms with Crippen LogP contribution in [0, 0.1) is 23.7 Å². The lowest BCUT2D eigenvalue weighted by atomic mass is 9.85. The first-order valence-electron chi connectivity index (χ1n) is 10.0. The first kappa shape index (κ1) is 16.5. The summed E-state index contributed by atoms with van der Waals surface area (Å²) in [7, 11) is 0. The van der Waals surface area contributed by atoms with Crippen LogP contribution in [0.25, 0.3) is 10.8 Å². The number of rotatable bonds is 3. The minimum atomic E-state index is -0.175. The molecule has 2 amide bonds. The van der Waals surface area contributed by atoms with Crippen molar-refractivity contribution in [3.63, 3.8) is 0 Å². The number of anilines is 1. The van der Waals surface area contributed by atoms with Crippen LogP contribution >= 0.6 is 0 Å². The predicted octanol–water partition coefficient (Wildman–Crippen LogP) is 4.94. The summed E-state index contributed by atoms with van der Waals surface area (Å²) in [5, 5.41) is 2.28. The van der Waals surface area contributed by atoms with E-state index >= 15 is 0 Å². The average Bonchev–Trinajstić information content (AvgIpc) is 3.43. The van der Waals surface area contributed by atoms with Gasteiger partial charge in [0.25, 0.3) is 0 Å². The lowest BCUT2D eigenvalue weighted by Crippen LogP contribution is -2.32. The number of hydrogen-bond donors (Lipinski definition) is 0. The summed E-state index contributed by atoms with van der Waals surface area (Å²) in [6.07, 6.45) is 5.17. The van der Waals surface area contributed by atoms with Gasteiger partial charge in [0.15, 0.2) is 0 Å². The number of fused-ring (bicyclic) bond motifs is 6. The molecule has 3 aromatic rings. The maximum atomic E-state index is 12.9. The Bertz CT molecular complexity index is 1150. The fourth-order valence-electron chi connectivity index (χ4n) is 5.19. The Hall–Kier alpha value is -3.40. The zero-order chi connectivity index (χ0) is 19.5. The highest BCUT2D eigenvalue weighted by molar-refractivity contribution is 6.22. The van der Waals surface area contributed by atoms with Crippen LogP contribution in [0.2, 0.25) is 0 Å². The first-order valence-corrected chi connectivity index (χ1v) is 10.0. The van der Waals surface area contributed by atoms with E-state index < -0.39 is 0 Å². The topological polar surface area (TPSA) is 46.6 Å². The molecule has 1 saturated carbocycles. The van der Waals surface area contributed by atoms with Crippen molar-refractivity contribution < 1.29 is 14.3 Å². The van der Waals surface area contributed by atoms with E-state index in [0.29, 0.717) is 11.4 Å². The quantitative estimate of drug-likeness (QED) is 0.477. The largest absolute Gasteiger partial charge is 0.457 e. The minimum Gasteiger partial charge on any atom is -0.457 e. The van der Waals surface area contributed by atoms with Crippen molar-refractivity contribution in [2.24, 2.45) is 23.7 Å². The molecule has 4 atom stereocenters. The molecular weight excluding hydrogens is 362 g/mol. The van der Waals surface area contributed by atoms with Gasteiger partial charge in [-0.3, -0.25) is 14.5 Å². The molecule has 142 valence electrons. The smallest absolute Gasteiger partial charge is 0.238 e. The molecule has 29 heavy (non-hydrogen) atoms. The highest BCUT2D eigenvalue weighted by Gasteiger charge is 2.59. The Morgan fingerprint density at radius 1 is 0.724 bits per heavy atom. The van der Waals surface area contributed by atoms with Crippen LogP contribution in [0.4, 0.5) is 5.69 Å². The molecule has 4 unspecified atom stereocenters. The van der Waals surface area contributed by atoms with E-state index in [1.807, 2.05) is 42.5 Å².